The molecule has 0 radical (unpaired) electrons. The number of amides is 1. The van der Waals surface area contributed by atoms with Gasteiger partial charge in [-0.1, -0.05) is 50.0 Å². The third-order valence-corrected chi connectivity index (χ3v) is 4.06. The predicted octanol–water partition coefficient (Wildman–Crippen LogP) is 4.18. The van der Waals surface area contributed by atoms with E-state index in [0.29, 0.717) is 16.6 Å². The fourth-order valence-electron chi connectivity index (χ4n) is 2.22. The molecule has 1 aromatic rings. The van der Waals surface area contributed by atoms with E-state index >= 15 is 0 Å². The lowest BCUT2D eigenvalue weighted by molar-refractivity contribution is -0.126. The van der Waals surface area contributed by atoms with Crippen LogP contribution in [0, 0.1) is 11.3 Å². The van der Waals surface area contributed by atoms with Crippen molar-refractivity contribution in [3.8, 4) is 0 Å². The fraction of sp³-hybridized carbons (Fsp3) is 0.562. The lowest BCUT2D eigenvalue weighted by Crippen LogP contribution is -2.38. The molecule has 3 N–H and O–H groups in total. The van der Waals surface area contributed by atoms with Crippen LogP contribution in [0.4, 0.5) is 0 Å². The van der Waals surface area contributed by atoms with E-state index in [1.165, 1.54) is 0 Å². The van der Waals surface area contributed by atoms with Gasteiger partial charge in [-0.15, -0.1) is 0 Å². The highest BCUT2D eigenvalue weighted by molar-refractivity contribution is 6.42. The van der Waals surface area contributed by atoms with E-state index in [0.717, 1.165) is 12.0 Å². The van der Waals surface area contributed by atoms with Crippen LogP contribution in [0.2, 0.25) is 10.0 Å². The van der Waals surface area contributed by atoms with Crippen LogP contribution in [0.25, 0.3) is 0 Å². The normalized spacial score (nSPS) is 14.6. The van der Waals surface area contributed by atoms with Crippen molar-refractivity contribution in [3.63, 3.8) is 0 Å². The topological polar surface area (TPSA) is 55.1 Å². The van der Waals surface area contributed by atoms with Crippen molar-refractivity contribution >= 4 is 29.1 Å². The maximum atomic E-state index is 12.3. The van der Waals surface area contributed by atoms with Gasteiger partial charge in [0.15, 0.2) is 0 Å². The molecule has 118 valence electrons. The molecule has 0 saturated carbocycles. The first-order valence-electron chi connectivity index (χ1n) is 7.09. The summed E-state index contributed by atoms with van der Waals surface area (Å²) < 4.78 is 0. The van der Waals surface area contributed by atoms with E-state index in [1.807, 2.05) is 13.0 Å². The maximum absolute atomic E-state index is 12.3. The molecule has 21 heavy (non-hydrogen) atoms. The van der Waals surface area contributed by atoms with Gasteiger partial charge >= 0.3 is 0 Å². The molecule has 0 aliphatic carbocycles. The minimum Gasteiger partial charge on any atom is -0.349 e. The summed E-state index contributed by atoms with van der Waals surface area (Å²) in [5.41, 5.74) is 6.72. The van der Waals surface area contributed by atoms with Gasteiger partial charge in [0.05, 0.1) is 22.0 Å². The second-order valence-corrected chi connectivity index (χ2v) is 7.42. The minimum absolute atomic E-state index is 0.0222. The van der Waals surface area contributed by atoms with Crippen LogP contribution in [0.15, 0.2) is 18.2 Å². The number of halogens is 2. The number of nitrogens with two attached hydrogens (primary N) is 1. The van der Waals surface area contributed by atoms with Crippen molar-refractivity contribution in [1.82, 2.24) is 5.32 Å². The first-order valence-corrected chi connectivity index (χ1v) is 7.85. The molecule has 0 spiro atoms. The molecule has 0 aliphatic rings. The summed E-state index contributed by atoms with van der Waals surface area (Å²) in [6.07, 6.45) is 0.753. The summed E-state index contributed by atoms with van der Waals surface area (Å²) in [7, 11) is 0. The molecule has 0 bridgehead atoms. The van der Waals surface area contributed by atoms with Gasteiger partial charge in [0.2, 0.25) is 5.91 Å². The van der Waals surface area contributed by atoms with E-state index in [-0.39, 0.29) is 23.3 Å². The van der Waals surface area contributed by atoms with E-state index in [4.69, 9.17) is 28.9 Å². The summed E-state index contributed by atoms with van der Waals surface area (Å²) in [5.74, 6) is -0.207. The van der Waals surface area contributed by atoms with E-state index < -0.39 is 0 Å². The summed E-state index contributed by atoms with van der Waals surface area (Å²) in [4.78, 5) is 12.3. The van der Waals surface area contributed by atoms with Gasteiger partial charge in [-0.25, -0.2) is 0 Å². The number of rotatable bonds is 5. The maximum Gasteiger partial charge on any atom is 0.224 e. The molecule has 0 heterocycles. The van der Waals surface area contributed by atoms with Crippen LogP contribution in [0.3, 0.4) is 0 Å². The zero-order chi connectivity index (χ0) is 16.2. The number of carbonyl (C=O) groups is 1. The van der Waals surface area contributed by atoms with Crippen LogP contribution < -0.4 is 11.1 Å². The van der Waals surface area contributed by atoms with Crippen LogP contribution in [0.1, 0.15) is 45.7 Å². The Bertz CT molecular complexity index is 498. The van der Waals surface area contributed by atoms with E-state index in [2.05, 4.69) is 26.1 Å². The largest absolute Gasteiger partial charge is 0.349 e. The highest BCUT2D eigenvalue weighted by Crippen LogP contribution is 2.27. The molecule has 0 aliphatic heterocycles. The van der Waals surface area contributed by atoms with Gasteiger partial charge in [0, 0.05) is 6.54 Å². The predicted molar refractivity (Wildman–Crippen MR) is 89.6 cm³/mol. The van der Waals surface area contributed by atoms with Crippen molar-refractivity contribution in [2.24, 2.45) is 17.1 Å². The van der Waals surface area contributed by atoms with Gasteiger partial charge in [0.1, 0.15) is 0 Å². The first-order chi connectivity index (χ1) is 9.64. The molecule has 0 fully saturated rings. The first kappa shape index (κ1) is 18.3. The second kappa shape index (κ2) is 7.48. The molecule has 0 saturated heterocycles. The second-order valence-electron chi connectivity index (χ2n) is 6.60. The Kier molecular flexibility index (Phi) is 6.51. The van der Waals surface area contributed by atoms with E-state index in [1.54, 1.807) is 12.1 Å². The highest BCUT2D eigenvalue weighted by atomic mass is 35.5. The van der Waals surface area contributed by atoms with Gasteiger partial charge in [-0.05, 0) is 36.5 Å². The van der Waals surface area contributed by atoms with Gasteiger partial charge in [-0.3, -0.25) is 4.79 Å². The summed E-state index contributed by atoms with van der Waals surface area (Å²) in [6.45, 7) is 8.57. The van der Waals surface area contributed by atoms with Crippen molar-refractivity contribution in [3.05, 3.63) is 33.8 Å². The quantitative estimate of drug-likeness (QED) is 0.850. The highest BCUT2D eigenvalue weighted by Gasteiger charge is 2.24. The van der Waals surface area contributed by atoms with Crippen LogP contribution >= 0.6 is 23.2 Å². The SMILES string of the molecule is CC(NC(=O)C(CN)CC(C)(C)C)c1ccc(Cl)c(Cl)c1. The Balaban J connectivity index is 2.74. The molecule has 1 aromatic carbocycles. The lowest BCUT2D eigenvalue weighted by Gasteiger charge is -2.26. The molecule has 2 unspecified atom stereocenters. The molecular weight excluding hydrogens is 307 g/mol. The van der Waals surface area contributed by atoms with Crippen molar-refractivity contribution in [2.75, 3.05) is 6.54 Å². The summed E-state index contributed by atoms with van der Waals surface area (Å²) in [6, 6.07) is 5.23. The zero-order valence-corrected chi connectivity index (χ0v) is 14.6. The molecule has 1 amide bonds. The van der Waals surface area contributed by atoms with E-state index in [9.17, 15) is 4.79 Å². The zero-order valence-electron chi connectivity index (χ0n) is 13.0. The molecule has 1 rings (SSSR count). The number of carbonyl (C=O) groups excluding carboxylic acids is 1. The number of hydrogen-bond acceptors (Lipinski definition) is 2. The van der Waals surface area contributed by atoms with Gasteiger partial charge in [0.25, 0.3) is 0 Å². The van der Waals surface area contributed by atoms with Gasteiger partial charge in [-0.2, -0.15) is 0 Å². The average Bonchev–Trinajstić information content (AvgIpc) is 2.37. The van der Waals surface area contributed by atoms with Crippen molar-refractivity contribution in [2.45, 2.75) is 40.2 Å². The number of nitrogens with one attached hydrogen (secondary N) is 1. The third kappa shape index (κ3) is 5.85. The average molecular weight is 331 g/mol. The molecule has 3 nitrogen and oxygen atoms in total. The summed E-state index contributed by atoms with van der Waals surface area (Å²) in [5, 5.41) is 3.99. The molecular formula is C16H24Cl2N2O. The Morgan fingerprint density at radius 3 is 2.38 bits per heavy atom. The molecule has 5 heteroatoms. The van der Waals surface area contributed by atoms with Gasteiger partial charge < -0.3 is 11.1 Å². The monoisotopic (exact) mass is 330 g/mol. The number of benzene rings is 1. The lowest BCUT2D eigenvalue weighted by atomic mass is 9.84. The Hall–Kier alpha value is -0.770. The van der Waals surface area contributed by atoms with Crippen LogP contribution in [-0.2, 0) is 4.79 Å². The minimum atomic E-state index is -0.185. The standard InChI is InChI=1S/C16H24Cl2N2O/c1-10(11-5-6-13(17)14(18)7-11)20-15(21)12(9-19)8-16(2,3)4/h5-7,10,12H,8-9,19H2,1-4H3,(H,20,21). The summed E-state index contributed by atoms with van der Waals surface area (Å²) >= 11 is 11.9. The van der Waals surface area contributed by atoms with Crippen molar-refractivity contribution in [1.29, 1.82) is 0 Å². The Morgan fingerprint density at radius 2 is 1.90 bits per heavy atom. The smallest absolute Gasteiger partial charge is 0.224 e. The third-order valence-electron chi connectivity index (χ3n) is 3.32. The van der Waals surface area contributed by atoms with Crippen LogP contribution in [-0.4, -0.2) is 12.5 Å². The van der Waals surface area contributed by atoms with Crippen molar-refractivity contribution < 1.29 is 4.79 Å². The fourth-order valence-corrected chi connectivity index (χ4v) is 2.53. The molecule has 0 aromatic heterocycles. The number of hydrogen-bond donors (Lipinski definition) is 2. The Labute approximate surface area is 137 Å². The van der Waals surface area contributed by atoms with Crippen LogP contribution in [0.5, 0.6) is 0 Å². The Morgan fingerprint density at radius 1 is 1.29 bits per heavy atom. The molecule has 2 atom stereocenters.